The summed E-state index contributed by atoms with van der Waals surface area (Å²) in [6.07, 6.45) is 7.52. The topological polar surface area (TPSA) is 67.2 Å². The van der Waals surface area contributed by atoms with Crippen LogP contribution in [0.4, 0.5) is 4.39 Å². The number of hydrogen-bond donors (Lipinski definition) is 1. The van der Waals surface area contributed by atoms with E-state index in [2.05, 4.69) is 10.4 Å². The van der Waals surface area contributed by atoms with Gasteiger partial charge in [0, 0.05) is 25.3 Å². The molecule has 28 heavy (non-hydrogen) atoms. The molecule has 0 unspecified atom stereocenters. The minimum atomic E-state index is -3.68. The molecule has 4 rings (SSSR count). The average Bonchev–Trinajstić information content (AvgIpc) is 3.39. The van der Waals surface area contributed by atoms with Crippen LogP contribution >= 0.6 is 12.4 Å². The third kappa shape index (κ3) is 4.56. The number of sulfonamides is 1. The number of rotatable bonds is 6. The third-order valence-corrected chi connectivity index (χ3v) is 7.26. The molecule has 0 atom stereocenters. The molecule has 0 radical (unpaired) electrons. The molecule has 0 bridgehead atoms. The molecule has 1 saturated carbocycles. The average molecular weight is 429 g/mol. The van der Waals surface area contributed by atoms with Gasteiger partial charge < -0.3 is 5.32 Å². The molecule has 0 spiro atoms. The summed E-state index contributed by atoms with van der Waals surface area (Å²) in [5.41, 5.74) is 1.15. The van der Waals surface area contributed by atoms with E-state index in [0.717, 1.165) is 36.9 Å². The summed E-state index contributed by atoms with van der Waals surface area (Å²) < 4.78 is 43.2. The number of benzene rings is 1. The smallest absolute Gasteiger partial charge is 0.243 e. The standard InChI is InChI=1S/C19H25FN4O2S.ClH/c1-14-11-22-24(13-14)19-5-4-17(10-18(19)20)27(25,26)23-8-6-16(7-9-23)21-12-15-2-3-15;/h4-5,10-11,13,15-16,21H,2-3,6-9,12H2,1H3;1H. The van der Waals surface area contributed by atoms with Crippen LogP contribution in [-0.2, 0) is 10.0 Å². The van der Waals surface area contributed by atoms with Crippen LogP contribution in [-0.4, -0.2) is 48.2 Å². The second kappa shape index (κ2) is 8.49. The zero-order chi connectivity index (χ0) is 19.0. The van der Waals surface area contributed by atoms with Crippen LogP contribution in [0.15, 0.2) is 35.5 Å². The molecule has 154 valence electrons. The first-order valence-corrected chi connectivity index (χ1v) is 10.9. The Kier molecular flexibility index (Phi) is 6.44. The molecule has 0 amide bonds. The van der Waals surface area contributed by atoms with E-state index >= 15 is 0 Å². The fourth-order valence-corrected chi connectivity index (χ4v) is 4.97. The van der Waals surface area contributed by atoms with Crippen LogP contribution < -0.4 is 5.32 Å². The minimum Gasteiger partial charge on any atom is -0.314 e. The second-order valence-electron chi connectivity index (χ2n) is 7.61. The molecule has 2 fully saturated rings. The predicted molar refractivity (Wildman–Crippen MR) is 108 cm³/mol. The van der Waals surface area contributed by atoms with E-state index < -0.39 is 15.8 Å². The Morgan fingerprint density at radius 1 is 1.21 bits per heavy atom. The number of aryl methyl sites for hydroxylation is 1. The number of aromatic nitrogens is 2. The molecule has 9 heteroatoms. The third-order valence-electron chi connectivity index (χ3n) is 5.36. The second-order valence-corrected chi connectivity index (χ2v) is 9.54. The Morgan fingerprint density at radius 2 is 1.93 bits per heavy atom. The lowest BCUT2D eigenvalue weighted by atomic mass is 10.1. The molecule has 1 aliphatic heterocycles. The minimum absolute atomic E-state index is 0. The van der Waals surface area contributed by atoms with E-state index in [1.165, 1.54) is 34.0 Å². The Balaban J connectivity index is 0.00000225. The van der Waals surface area contributed by atoms with Gasteiger partial charge in [0.2, 0.25) is 10.0 Å². The molecule has 2 heterocycles. The van der Waals surface area contributed by atoms with E-state index in [4.69, 9.17) is 0 Å². The Morgan fingerprint density at radius 3 is 2.50 bits per heavy atom. The Hall–Kier alpha value is -1.48. The highest BCUT2D eigenvalue weighted by Crippen LogP contribution is 2.28. The van der Waals surface area contributed by atoms with Crippen molar-refractivity contribution in [1.29, 1.82) is 0 Å². The fraction of sp³-hybridized carbons (Fsp3) is 0.526. The first-order chi connectivity index (χ1) is 12.9. The number of piperidine rings is 1. The van der Waals surface area contributed by atoms with E-state index in [0.29, 0.717) is 19.1 Å². The van der Waals surface area contributed by atoms with Crippen LogP contribution in [0.5, 0.6) is 0 Å². The molecule has 6 nitrogen and oxygen atoms in total. The molecule has 1 aromatic heterocycles. The summed E-state index contributed by atoms with van der Waals surface area (Å²) in [4.78, 5) is -0.00276. The molecule has 1 aromatic carbocycles. The number of hydrogen-bond acceptors (Lipinski definition) is 4. The molecular formula is C19H26ClFN4O2S. The summed E-state index contributed by atoms with van der Waals surface area (Å²) in [5.74, 6) is 0.215. The van der Waals surface area contributed by atoms with E-state index in [1.807, 2.05) is 6.92 Å². The number of nitrogens with one attached hydrogen (secondary N) is 1. The zero-order valence-corrected chi connectivity index (χ0v) is 17.5. The van der Waals surface area contributed by atoms with Gasteiger partial charge in [-0.25, -0.2) is 17.5 Å². The van der Waals surface area contributed by atoms with E-state index in [-0.39, 0.29) is 23.0 Å². The van der Waals surface area contributed by atoms with Crippen LogP contribution in [0.25, 0.3) is 5.69 Å². The van der Waals surface area contributed by atoms with Crippen molar-refractivity contribution in [1.82, 2.24) is 19.4 Å². The highest BCUT2D eigenvalue weighted by Gasteiger charge is 2.31. The maximum Gasteiger partial charge on any atom is 0.243 e. The zero-order valence-electron chi connectivity index (χ0n) is 15.8. The first kappa shape index (κ1) is 21.2. The van der Waals surface area contributed by atoms with Crippen molar-refractivity contribution < 1.29 is 12.8 Å². The summed E-state index contributed by atoms with van der Waals surface area (Å²) in [6.45, 7) is 3.83. The molecule has 2 aromatic rings. The molecule has 2 aliphatic rings. The van der Waals surface area contributed by atoms with Gasteiger partial charge in [0.1, 0.15) is 11.5 Å². The summed E-state index contributed by atoms with van der Waals surface area (Å²) in [7, 11) is -3.68. The van der Waals surface area contributed by atoms with E-state index in [9.17, 15) is 12.8 Å². The van der Waals surface area contributed by atoms with Crippen LogP contribution in [0.3, 0.4) is 0 Å². The first-order valence-electron chi connectivity index (χ1n) is 9.48. The fourth-order valence-electron chi connectivity index (χ4n) is 3.48. The molecular weight excluding hydrogens is 403 g/mol. The lowest BCUT2D eigenvalue weighted by Crippen LogP contribution is -2.45. The normalized spacial score (nSPS) is 18.8. The van der Waals surface area contributed by atoms with E-state index in [1.54, 1.807) is 12.4 Å². The summed E-state index contributed by atoms with van der Waals surface area (Å²) >= 11 is 0. The van der Waals surface area contributed by atoms with Crippen LogP contribution in [0, 0.1) is 18.7 Å². The van der Waals surface area contributed by atoms with Gasteiger partial charge in [-0.15, -0.1) is 12.4 Å². The largest absolute Gasteiger partial charge is 0.314 e. The lowest BCUT2D eigenvalue weighted by Gasteiger charge is -2.31. The lowest BCUT2D eigenvalue weighted by molar-refractivity contribution is 0.288. The summed E-state index contributed by atoms with van der Waals surface area (Å²) in [6, 6.07) is 4.40. The van der Waals surface area contributed by atoms with Gasteiger partial charge in [0.05, 0.1) is 11.1 Å². The van der Waals surface area contributed by atoms with Gasteiger partial charge in [-0.3, -0.25) is 0 Å². The van der Waals surface area contributed by atoms with Gasteiger partial charge in [-0.2, -0.15) is 9.40 Å². The number of nitrogens with zero attached hydrogens (tertiary/aromatic N) is 3. The Bertz CT molecular complexity index is 922. The SMILES string of the molecule is Cc1cnn(-c2ccc(S(=O)(=O)N3CCC(NCC4CC4)CC3)cc2F)c1.Cl. The summed E-state index contributed by atoms with van der Waals surface area (Å²) in [5, 5.41) is 7.62. The predicted octanol–water partition coefficient (Wildman–Crippen LogP) is 2.89. The van der Waals surface area contributed by atoms with Crippen molar-refractivity contribution in [2.75, 3.05) is 19.6 Å². The van der Waals surface area contributed by atoms with Gasteiger partial charge in [0.25, 0.3) is 0 Å². The van der Waals surface area contributed by atoms with Crippen molar-refractivity contribution >= 4 is 22.4 Å². The highest BCUT2D eigenvalue weighted by atomic mass is 35.5. The van der Waals surface area contributed by atoms with Crippen molar-refractivity contribution in [3.05, 3.63) is 42.0 Å². The maximum absolute atomic E-state index is 14.5. The van der Waals surface area contributed by atoms with Crippen LogP contribution in [0.1, 0.15) is 31.2 Å². The quantitative estimate of drug-likeness (QED) is 0.768. The molecule has 1 saturated heterocycles. The van der Waals surface area contributed by atoms with Gasteiger partial charge in [0.15, 0.2) is 0 Å². The van der Waals surface area contributed by atoms with Gasteiger partial charge >= 0.3 is 0 Å². The highest BCUT2D eigenvalue weighted by molar-refractivity contribution is 7.89. The van der Waals surface area contributed by atoms with Gasteiger partial charge in [-0.1, -0.05) is 0 Å². The molecule has 1 N–H and O–H groups in total. The molecule has 1 aliphatic carbocycles. The maximum atomic E-state index is 14.5. The number of halogens is 2. The van der Waals surface area contributed by atoms with Crippen molar-refractivity contribution in [2.24, 2.45) is 5.92 Å². The van der Waals surface area contributed by atoms with Crippen molar-refractivity contribution in [3.8, 4) is 5.69 Å². The monoisotopic (exact) mass is 428 g/mol. The van der Waals surface area contributed by atoms with Crippen LogP contribution in [0.2, 0.25) is 0 Å². The Labute approximate surface area is 171 Å². The van der Waals surface area contributed by atoms with Gasteiger partial charge in [-0.05, 0) is 68.8 Å². The van der Waals surface area contributed by atoms with Crippen molar-refractivity contribution in [3.63, 3.8) is 0 Å². The van der Waals surface area contributed by atoms with Crippen molar-refractivity contribution in [2.45, 2.75) is 43.5 Å².